The molecule has 0 aliphatic carbocycles. The molecule has 2 nitrogen and oxygen atoms in total. The first-order valence-corrected chi connectivity index (χ1v) is 7.53. The SMILES string of the molecule is CC(=O)c1cc(-c2ccc(F)cc2)n(-c2ccc(C)cc2)c1C. The van der Waals surface area contributed by atoms with Crippen molar-refractivity contribution in [2.24, 2.45) is 0 Å². The van der Waals surface area contributed by atoms with E-state index in [9.17, 15) is 9.18 Å². The van der Waals surface area contributed by atoms with Crippen molar-refractivity contribution in [1.29, 1.82) is 0 Å². The smallest absolute Gasteiger partial charge is 0.161 e. The van der Waals surface area contributed by atoms with E-state index in [0.29, 0.717) is 5.56 Å². The summed E-state index contributed by atoms with van der Waals surface area (Å²) in [6.45, 7) is 5.54. The van der Waals surface area contributed by atoms with Crippen LogP contribution in [-0.4, -0.2) is 10.4 Å². The molecule has 0 aliphatic heterocycles. The lowest BCUT2D eigenvalue weighted by atomic mass is 10.1. The van der Waals surface area contributed by atoms with Crippen molar-refractivity contribution in [2.75, 3.05) is 0 Å². The van der Waals surface area contributed by atoms with E-state index in [1.54, 1.807) is 19.1 Å². The number of hydrogen-bond donors (Lipinski definition) is 0. The summed E-state index contributed by atoms with van der Waals surface area (Å²) in [5, 5.41) is 0. The number of hydrogen-bond acceptors (Lipinski definition) is 1. The summed E-state index contributed by atoms with van der Waals surface area (Å²) in [5.74, 6) is -0.248. The Labute approximate surface area is 135 Å². The second-order valence-corrected chi connectivity index (χ2v) is 5.76. The Morgan fingerprint density at radius 1 is 0.957 bits per heavy atom. The standard InChI is InChI=1S/C20H18FNO/c1-13-4-10-18(11-5-13)22-14(2)19(15(3)23)12-20(22)16-6-8-17(21)9-7-16/h4-12H,1-3H3. The molecule has 3 aromatic rings. The molecule has 0 aliphatic rings. The molecule has 2 aromatic carbocycles. The Kier molecular flexibility index (Phi) is 3.87. The van der Waals surface area contributed by atoms with Gasteiger partial charge in [0.15, 0.2) is 5.78 Å². The van der Waals surface area contributed by atoms with E-state index in [1.807, 2.05) is 48.7 Å². The molecule has 3 heteroatoms. The minimum absolute atomic E-state index is 0.0247. The van der Waals surface area contributed by atoms with Crippen LogP contribution >= 0.6 is 0 Å². The molecule has 0 fully saturated rings. The van der Waals surface area contributed by atoms with Crippen molar-refractivity contribution in [2.45, 2.75) is 20.8 Å². The van der Waals surface area contributed by atoms with E-state index < -0.39 is 0 Å². The molecule has 0 unspecified atom stereocenters. The summed E-state index contributed by atoms with van der Waals surface area (Å²) in [4.78, 5) is 11.9. The van der Waals surface area contributed by atoms with Gasteiger partial charge in [0, 0.05) is 16.9 Å². The Hall–Kier alpha value is -2.68. The second kappa shape index (κ2) is 5.84. The fourth-order valence-electron chi connectivity index (χ4n) is 2.82. The van der Waals surface area contributed by atoms with Crippen molar-refractivity contribution in [3.8, 4) is 16.9 Å². The number of ketones is 1. The fraction of sp³-hybridized carbons (Fsp3) is 0.150. The molecule has 1 aromatic heterocycles. The maximum absolute atomic E-state index is 13.2. The van der Waals surface area contributed by atoms with E-state index in [2.05, 4.69) is 0 Å². The van der Waals surface area contributed by atoms with Gasteiger partial charge in [0.25, 0.3) is 0 Å². The molecule has 0 N–H and O–H groups in total. The third kappa shape index (κ3) is 2.82. The summed E-state index contributed by atoms with van der Waals surface area (Å²) in [6.07, 6.45) is 0. The average molecular weight is 307 g/mol. The van der Waals surface area contributed by atoms with Crippen molar-refractivity contribution in [3.05, 3.63) is 77.2 Å². The minimum atomic E-state index is -0.272. The summed E-state index contributed by atoms with van der Waals surface area (Å²) in [5.41, 5.74) is 5.50. The van der Waals surface area contributed by atoms with E-state index in [4.69, 9.17) is 0 Å². The van der Waals surface area contributed by atoms with Crippen molar-refractivity contribution < 1.29 is 9.18 Å². The quantitative estimate of drug-likeness (QED) is 0.617. The highest BCUT2D eigenvalue weighted by Crippen LogP contribution is 2.30. The van der Waals surface area contributed by atoms with Gasteiger partial charge in [-0.05, 0) is 68.8 Å². The van der Waals surface area contributed by atoms with Crippen molar-refractivity contribution in [3.63, 3.8) is 0 Å². The van der Waals surface area contributed by atoms with Crippen LogP contribution in [0.2, 0.25) is 0 Å². The lowest BCUT2D eigenvalue weighted by Gasteiger charge is -2.12. The topological polar surface area (TPSA) is 22.0 Å². The molecule has 1 heterocycles. The third-order valence-corrected chi connectivity index (χ3v) is 4.06. The predicted molar refractivity (Wildman–Crippen MR) is 90.6 cm³/mol. The van der Waals surface area contributed by atoms with Gasteiger partial charge in [-0.2, -0.15) is 0 Å². The maximum Gasteiger partial charge on any atom is 0.161 e. The number of benzene rings is 2. The lowest BCUT2D eigenvalue weighted by molar-refractivity contribution is 0.101. The molecule has 0 radical (unpaired) electrons. The molecular formula is C20H18FNO. The Bertz CT molecular complexity index is 858. The van der Waals surface area contributed by atoms with Crippen LogP contribution < -0.4 is 0 Å². The molecule has 0 bridgehead atoms. The number of rotatable bonds is 3. The Balaban J connectivity index is 2.25. The van der Waals surface area contributed by atoms with Gasteiger partial charge in [-0.15, -0.1) is 0 Å². The Morgan fingerprint density at radius 3 is 2.13 bits per heavy atom. The van der Waals surface area contributed by atoms with Gasteiger partial charge < -0.3 is 4.57 Å². The Morgan fingerprint density at radius 2 is 1.57 bits per heavy atom. The van der Waals surface area contributed by atoms with Crippen molar-refractivity contribution >= 4 is 5.78 Å². The van der Waals surface area contributed by atoms with E-state index in [1.165, 1.54) is 17.7 Å². The number of aryl methyl sites for hydroxylation is 1. The van der Waals surface area contributed by atoms with E-state index >= 15 is 0 Å². The minimum Gasteiger partial charge on any atom is -0.313 e. The first-order chi connectivity index (χ1) is 11.0. The highest BCUT2D eigenvalue weighted by molar-refractivity contribution is 5.97. The number of Topliss-reactive ketones (excluding diaryl/α,β-unsaturated/α-hetero) is 1. The zero-order valence-corrected chi connectivity index (χ0v) is 13.4. The maximum atomic E-state index is 13.2. The van der Waals surface area contributed by atoms with Gasteiger partial charge in [-0.25, -0.2) is 4.39 Å². The summed E-state index contributed by atoms with van der Waals surface area (Å²) < 4.78 is 15.3. The number of aromatic nitrogens is 1. The van der Waals surface area contributed by atoms with Gasteiger partial charge in [-0.1, -0.05) is 17.7 Å². The monoisotopic (exact) mass is 307 g/mol. The number of halogens is 1. The molecule has 23 heavy (non-hydrogen) atoms. The van der Waals surface area contributed by atoms with Crippen LogP contribution in [0.25, 0.3) is 16.9 Å². The normalized spacial score (nSPS) is 10.8. The van der Waals surface area contributed by atoms with Crippen LogP contribution in [0.4, 0.5) is 4.39 Å². The number of carbonyl (C=O) groups excluding carboxylic acids is 1. The summed E-state index contributed by atoms with van der Waals surface area (Å²) in [7, 11) is 0. The third-order valence-electron chi connectivity index (χ3n) is 4.06. The first-order valence-electron chi connectivity index (χ1n) is 7.53. The second-order valence-electron chi connectivity index (χ2n) is 5.76. The van der Waals surface area contributed by atoms with Crippen LogP contribution in [0.3, 0.4) is 0 Å². The van der Waals surface area contributed by atoms with E-state index in [0.717, 1.165) is 22.6 Å². The van der Waals surface area contributed by atoms with Gasteiger partial charge in [0.2, 0.25) is 0 Å². The average Bonchev–Trinajstić information content (AvgIpc) is 2.87. The molecule has 3 rings (SSSR count). The zero-order chi connectivity index (χ0) is 16.6. The highest BCUT2D eigenvalue weighted by atomic mass is 19.1. The zero-order valence-electron chi connectivity index (χ0n) is 13.4. The molecular weight excluding hydrogens is 289 g/mol. The van der Waals surface area contributed by atoms with E-state index in [-0.39, 0.29) is 11.6 Å². The predicted octanol–water partition coefficient (Wildman–Crippen LogP) is 5.10. The molecule has 0 amide bonds. The first kappa shape index (κ1) is 15.2. The largest absolute Gasteiger partial charge is 0.313 e. The summed E-state index contributed by atoms with van der Waals surface area (Å²) >= 11 is 0. The molecule has 0 saturated carbocycles. The molecule has 116 valence electrons. The molecule has 0 spiro atoms. The van der Waals surface area contributed by atoms with Gasteiger partial charge in [-0.3, -0.25) is 4.79 Å². The van der Waals surface area contributed by atoms with Crippen LogP contribution in [0, 0.1) is 19.7 Å². The highest BCUT2D eigenvalue weighted by Gasteiger charge is 2.17. The number of nitrogens with zero attached hydrogens (tertiary/aromatic N) is 1. The molecule has 0 saturated heterocycles. The van der Waals surface area contributed by atoms with Crippen LogP contribution in [-0.2, 0) is 0 Å². The molecule has 0 atom stereocenters. The lowest BCUT2D eigenvalue weighted by Crippen LogP contribution is -2.01. The van der Waals surface area contributed by atoms with Gasteiger partial charge in [0.05, 0.1) is 5.69 Å². The number of carbonyl (C=O) groups is 1. The van der Waals surface area contributed by atoms with Crippen LogP contribution in [0.1, 0.15) is 28.5 Å². The fourth-order valence-corrected chi connectivity index (χ4v) is 2.82. The van der Waals surface area contributed by atoms with Crippen molar-refractivity contribution in [1.82, 2.24) is 4.57 Å². The van der Waals surface area contributed by atoms with Gasteiger partial charge >= 0.3 is 0 Å². The van der Waals surface area contributed by atoms with Gasteiger partial charge in [0.1, 0.15) is 5.82 Å². The van der Waals surface area contributed by atoms with Crippen LogP contribution in [0.5, 0.6) is 0 Å². The van der Waals surface area contributed by atoms with Crippen LogP contribution in [0.15, 0.2) is 54.6 Å². The summed E-state index contributed by atoms with van der Waals surface area (Å²) in [6, 6.07) is 16.4.